The molecule has 3 aromatic heterocycles. The number of thiazole rings is 2. The fourth-order valence-corrected chi connectivity index (χ4v) is 5.20. The lowest BCUT2D eigenvalue weighted by Crippen LogP contribution is -2.14. The summed E-state index contributed by atoms with van der Waals surface area (Å²) in [5.74, 6) is 0. The van der Waals surface area contributed by atoms with E-state index in [0.29, 0.717) is 10.7 Å². The predicted molar refractivity (Wildman–Crippen MR) is 126 cm³/mol. The Labute approximate surface area is 181 Å². The van der Waals surface area contributed by atoms with Crippen LogP contribution in [0.3, 0.4) is 0 Å². The van der Waals surface area contributed by atoms with Gasteiger partial charge in [-0.3, -0.25) is 9.20 Å². The van der Waals surface area contributed by atoms with Crippen molar-refractivity contribution in [2.75, 3.05) is 0 Å². The zero-order chi connectivity index (χ0) is 20.5. The molecule has 0 bridgehead atoms. The van der Waals surface area contributed by atoms with Crippen molar-refractivity contribution in [3.8, 4) is 21.7 Å². The molecule has 146 valence electrons. The van der Waals surface area contributed by atoms with Gasteiger partial charge in [-0.2, -0.15) is 0 Å². The molecule has 30 heavy (non-hydrogen) atoms. The third-order valence-corrected chi connectivity index (χ3v) is 6.65. The minimum Gasteiger partial charge on any atom is -0.269 e. The highest BCUT2D eigenvalue weighted by atomic mass is 32.1. The molecule has 2 aromatic carbocycles. The van der Waals surface area contributed by atoms with Crippen LogP contribution in [-0.4, -0.2) is 14.4 Å². The van der Waals surface area contributed by atoms with Crippen molar-refractivity contribution in [3.05, 3.63) is 98.9 Å². The summed E-state index contributed by atoms with van der Waals surface area (Å²) in [4.78, 5) is 24.9. The zero-order valence-electron chi connectivity index (χ0n) is 16.1. The number of rotatable bonds is 4. The number of aryl methyl sites for hydroxylation is 1. The summed E-state index contributed by atoms with van der Waals surface area (Å²) in [5, 5.41) is 1.01. The van der Waals surface area contributed by atoms with Crippen LogP contribution in [-0.2, 0) is 0 Å². The first kappa shape index (κ1) is 18.7. The van der Waals surface area contributed by atoms with Gasteiger partial charge in [0, 0.05) is 22.7 Å². The predicted octanol–water partition coefficient (Wildman–Crippen LogP) is 6.03. The molecular formula is C24H17N3OS2. The molecular weight excluding hydrogens is 410 g/mol. The fourth-order valence-electron chi connectivity index (χ4n) is 3.34. The maximum absolute atomic E-state index is 13.1. The first-order chi connectivity index (χ1) is 14.7. The summed E-state index contributed by atoms with van der Waals surface area (Å²) in [7, 11) is 0. The van der Waals surface area contributed by atoms with Gasteiger partial charge in [0.05, 0.1) is 21.3 Å². The first-order valence-corrected chi connectivity index (χ1v) is 11.1. The molecule has 0 N–H and O–H groups in total. The van der Waals surface area contributed by atoms with Gasteiger partial charge in [0.15, 0.2) is 4.96 Å². The summed E-state index contributed by atoms with van der Waals surface area (Å²) >= 11 is 3.14. The van der Waals surface area contributed by atoms with E-state index in [-0.39, 0.29) is 5.56 Å². The van der Waals surface area contributed by atoms with E-state index in [1.807, 2.05) is 73.8 Å². The number of nitrogens with zero attached hydrogens (tertiary/aromatic N) is 3. The number of aromatic nitrogens is 3. The Morgan fingerprint density at radius 2 is 1.60 bits per heavy atom. The highest BCUT2D eigenvalue weighted by Crippen LogP contribution is 2.38. The Bertz CT molecular complexity index is 1410. The summed E-state index contributed by atoms with van der Waals surface area (Å²) < 4.78 is 1.72. The van der Waals surface area contributed by atoms with Crippen LogP contribution >= 0.6 is 22.7 Å². The van der Waals surface area contributed by atoms with Gasteiger partial charge in [-0.15, -0.1) is 11.3 Å². The third-order valence-electron chi connectivity index (χ3n) is 4.68. The zero-order valence-corrected chi connectivity index (χ0v) is 17.8. The van der Waals surface area contributed by atoms with Crippen LogP contribution in [0.4, 0.5) is 0 Å². The van der Waals surface area contributed by atoms with Crippen molar-refractivity contribution in [1.82, 2.24) is 14.4 Å². The average molecular weight is 428 g/mol. The number of fused-ring (bicyclic) bond motifs is 1. The largest absolute Gasteiger partial charge is 0.269 e. The van der Waals surface area contributed by atoms with Gasteiger partial charge in [0.1, 0.15) is 0 Å². The summed E-state index contributed by atoms with van der Waals surface area (Å²) in [6.45, 7) is 1.97. The number of hydrogen-bond donors (Lipinski definition) is 0. The van der Waals surface area contributed by atoms with Crippen molar-refractivity contribution in [2.24, 2.45) is 0 Å². The molecule has 0 aliphatic carbocycles. The van der Waals surface area contributed by atoms with Gasteiger partial charge >= 0.3 is 0 Å². The Balaban J connectivity index is 1.71. The lowest BCUT2D eigenvalue weighted by atomic mass is 10.1. The molecule has 0 aliphatic heterocycles. The van der Waals surface area contributed by atoms with E-state index in [1.165, 1.54) is 11.3 Å². The van der Waals surface area contributed by atoms with E-state index in [1.54, 1.807) is 21.8 Å². The molecule has 0 unspecified atom stereocenters. The van der Waals surface area contributed by atoms with Crippen molar-refractivity contribution >= 4 is 39.8 Å². The quantitative estimate of drug-likeness (QED) is 0.352. The van der Waals surface area contributed by atoms with Gasteiger partial charge in [-0.1, -0.05) is 72.0 Å². The average Bonchev–Trinajstić information content (AvgIpc) is 3.37. The second kappa shape index (κ2) is 7.82. The number of benzene rings is 2. The first-order valence-electron chi connectivity index (χ1n) is 9.47. The Morgan fingerprint density at radius 1 is 0.900 bits per heavy atom. The summed E-state index contributed by atoms with van der Waals surface area (Å²) in [5.41, 5.74) is 3.51. The second-order valence-electron chi connectivity index (χ2n) is 6.76. The SMILES string of the molecule is Cc1ncc(/C=C/c2cc(=O)n3c(-c4ccccc4)c(-c4ccccc4)sc3n2)s1. The van der Waals surface area contributed by atoms with Crippen LogP contribution in [0.25, 0.3) is 38.8 Å². The molecule has 0 saturated carbocycles. The topological polar surface area (TPSA) is 47.3 Å². The molecule has 0 fully saturated rings. The molecule has 4 nitrogen and oxygen atoms in total. The van der Waals surface area contributed by atoms with Gasteiger partial charge in [0.25, 0.3) is 5.56 Å². The van der Waals surface area contributed by atoms with E-state index in [9.17, 15) is 4.79 Å². The minimum atomic E-state index is -0.0857. The molecule has 0 atom stereocenters. The van der Waals surface area contributed by atoms with E-state index >= 15 is 0 Å². The van der Waals surface area contributed by atoms with Crippen LogP contribution in [0.1, 0.15) is 15.6 Å². The molecule has 5 aromatic rings. The third kappa shape index (κ3) is 3.51. The van der Waals surface area contributed by atoms with Crippen LogP contribution in [0.2, 0.25) is 0 Å². The van der Waals surface area contributed by atoms with Gasteiger partial charge in [-0.25, -0.2) is 9.97 Å². The molecule has 6 heteroatoms. The molecule has 5 rings (SSSR count). The molecule has 0 saturated heterocycles. The van der Waals surface area contributed by atoms with Crippen molar-refractivity contribution < 1.29 is 0 Å². The Kier molecular flexibility index (Phi) is 4.86. The standard InChI is InChI=1S/C24H17N3OS2/c1-16-25-15-20(29-16)13-12-19-14-21(28)27-22(17-8-4-2-5-9-17)23(30-24(27)26-19)18-10-6-3-7-11-18/h2-15H,1H3/b13-12+. The van der Waals surface area contributed by atoms with E-state index in [4.69, 9.17) is 4.98 Å². The van der Waals surface area contributed by atoms with Crippen LogP contribution < -0.4 is 5.56 Å². The maximum Gasteiger partial charge on any atom is 0.259 e. The Morgan fingerprint density at radius 3 is 2.27 bits per heavy atom. The summed E-state index contributed by atoms with van der Waals surface area (Å²) in [6, 6.07) is 21.7. The van der Waals surface area contributed by atoms with Crippen molar-refractivity contribution in [1.29, 1.82) is 0 Å². The Hall–Kier alpha value is -3.35. The minimum absolute atomic E-state index is 0.0857. The van der Waals surface area contributed by atoms with E-state index in [0.717, 1.165) is 31.6 Å². The highest BCUT2D eigenvalue weighted by Gasteiger charge is 2.18. The molecule has 0 amide bonds. The fraction of sp³-hybridized carbons (Fsp3) is 0.0417. The van der Waals surface area contributed by atoms with Crippen LogP contribution in [0, 0.1) is 6.92 Å². The molecule has 0 radical (unpaired) electrons. The number of hydrogen-bond acceptors (Lipinski definition) is 5. The lowest BCUT2D eigenvalue weighted by molar-refractivity contribution is 1.08. The summed E-state index contributed by atoms with van der Waals surface area (Å²) in [6.07, 6.45) is 5.65. The van der Waals surface area contributed by atoms with E-state index < -0.39 is 0 Å². The molecule has 0 aliphatic rings. The molecule has 3 heterocycles. The molecule has 0 spiro atoms. The second-order valence-corrected chi connectivity index (χ2v) is 9.01. The van der Waals surface area contributed by atoms with Crippen molar-refractivity contribution in [2.45, 2.75) is 6.92 Å². The van der Waals surface area contributed by atoms with Crippen LogP contribution in [0.15, 0.2) is 77.7 Å². The van der Waals surface area contributed by atoms with Crippen molar-refractivity contribution in [3.63, 3.8) is 0 Å². The smallest absolute Gasteiger partial charge is 0.259 e. The van der Waals surface area contributed by atoms with Gasteiger partial charge < -0.3 is 0 Å². The van der Waals surface area contributed by atoms with E-state index in [2.05, 4.69) is 17.1 Å². The maximum atomic E-state index is 13.1. The van der Waals surface area contributed by atoms with Crippen LogP contribution in [0.5, 0.6) is 0 Å². The normalized spacial score (nSPS) is 11.5. The van der Waals surface area contributed by atoms with Gasteiger partial charge in [0.2, 0.25) is 0 Å². The van der Waals surface area contributed by atoms with Gasteiger partial charge in [-0.05, 0) is 24.6 Å². The lowest BCUT2D eigenvalue weighted by Gasteiger charge is -2.06. The highest BCUT2D eigenvalue weighted by molar-refractivity contribution is 7.20. The monoisotopic (exact) mass is 427 g/mol.